The molecule has 0 saturated heterocycles. The van der Waals surface area contributed by atoms with Crippen LogP contribution >= 0.6 is 0 Å². The molecule has 0 fully saturated rings. The van der Waals surface area contributed by atoms with E-state index in [2.05, 4.69) is 6.92 Å². The fourth-order valence-corrected chi connectivity index (χ4v) is 6.29. The molecule has 10 heteroatoms. The van der Waals surface area contributed by atoms with Gasteiger partial charge in [0.2, 0.25) is 5.72 Å². The van der Waals surface area contributed by atoms with E-state index in [-0.39, 0.29) is 35.2 Å². The molecule has 2 heterocycles. The number of rotatable bonds is 15. The Hall–Kier alpha value is -1.55. The Kier molecular flexibility index (Phi) is 13.9. The Morgan fingerprint density at radius 1 is 0.786 bits per heavy atom. The minimum atomic E-state index is -4.88. The first kappa shape index (κ1) is 36.6. The molecule has 0 aliphatic carbocycles. The topological polar surface area (TPSA) is 26.5 Å². The second kappa shape index (κ2) is 16.0. The van der Waals surface area contributed by atoms with Crippen LogP contribution in [0.3, 0.4) is 0 Å². The van der Waals surface area contributed by atoms with Crippen molar-refractivity contribution in [1.29, 1.82) is 0 Å². The molecular formula is C32H47BrF6N2O. The number of fused-ring (bicyclic) bond motifs is 1. The van der Waals surface area contributed by atoms with Gasteiger partial charge in [0.25, 0.3) is 5.84 Å². The monoisotopic (exact) mass is 668 g/mol. The van der Waals surface area contributed by atoms with Gasteiger partial charge in [-0.05, 0) is 44.0 Å². The van der Waals surface area contributed by atoms with Crippen molar-refractivity contribution in [2.75, 3.05) is 13.1 Å². The number of alkyl halides is 6. The van der Waals surface area contributed by atoms with Gasteiger partial charge in [-0.1, -0.05) is 77.6 Å². The van der Waals surface area contributed by atoms with Crippen LogP contribution < -0.4 is 17.0 Å². The van der Waals surface area contributed by atoms with Crippen LogP contribution in [0.2, 0.25) is 0 Å². The van der Waals surface area contributed by atoms with E-state index in [1.54, 1.807) is 0 Å². The highest BCUT2D eigenvalue weighted by atomic mass is 79.9. The molecule has 2 aliphatic heterocycles. The molecule has 0 spiro atoms. The summed E-state index contributed by atoms with van der Waals surface area (Å²) in [7, 11) is 0. The van der Waals surface area contributed by atoms with Crippen molar-refractivity contribution in [3.05, 3.63) is 46.0 Å². The quantitative estimate of drug-likeness (QED) is 0.132. The Morgan fingerprint density at radius 3 is 1.74 bits per heavy atom. The minimum Gasteiger partial charge on any atom is -1.00 e. The molecule has 1 aromatic carbocycles. The number of hydrogen-bond acceptors (Lipinski definition) is 2. The molecule has 240 valence electrons. The zero-order valence-corrected chi connectivity index (χ0v) is 26.8. The lowest BCUT2D eigenvalue weighted by Crippen LogP contribution is -3.00. The first-order valence-electron chi connectivity index (χ1n) is 15.4. The maximum absolute atomic E-state index is 13.4. The van der Waals surface area contributed by atoms with Gasteiger partial charge in [0.05, 0.1) is 24.2 Å². The first-order chi connectivity index (χ1) is 19.3. The van der Waals surface area contributed by atoms with Crippen molar-refractivity contribution in [3.8, 4) is 0 Å². The summed E-state index contributed by atoms with van der Waals surface area (Å²) in [5.74, 6) is 0.709. The van der Waals surface area contributed by atoms with E-state index in [1.165, 1.54) is 57.8 Å². The molecule has 0 aromatic heterocycles. The number of halogens is 7. The van der Waals surface area contributed by atoms with Gasteiger partial charge in [-0.15, -0.1) is 0 Å². The number of hydrogen-bond donors (Lipinski definition) is 1. The van der Waals surface area contributed by atoms with E-state index < -0.39 is 29.2 Å². The Labute approximate surface area is 257 Å². The number of benzene rings is 1. The standard InChI is InChI=1S/C32H47F6N2O.BrH/c1-4-5-6-7-8-9-10-11-12-13-14-15-17-30(41)25(3)24(2)29-39(18-16-19-40(29)30)23-26-20-27(31(33,34)35)22-28(21-26)32(36,37)38;/h20-22,41H,4-19,23H2,1-3H3;1H/q+1;/p-1. The number of nitrogens with zero attached hydrogens (tertiary/aromatic N) is 2. The predicted octanol–water partition coefficient (Wildman–Crippen LogP) is 6.47. The van der Waals surface area contributed by atoms with Crippen molar-refractivity contribution in [3.63, 3.8) is 0 Å². The van der Waals surface area contributed by atoms with Gasteiger partial charge < -0.3 is 22.1 Å². The van der Waals surface area contributed by atoms with E-state index in [4.69, 9.17) is 0 Å². The fraction of sp³-hybridized carbons (Fsp3) is 0.719. The summed E-state index contributed by atoms with van der Waals surface area (Å²) >= 11 is 0. The number of unbranched alkanes of at least 4 members (excludes halogenated alkanes) is 11. The van der Waals surface area contributed by atoms with Crippen LogP contribution in [0.5, 0.6) is 0 Å². The van der Waals surface area contributed by atoms with Crippen LogP contribution in [0.25, 0.3) is 0 Å². The van der Waals surface area contributed by atoms with Crippen molar-refractivity contribution in [2.24, 2.45) is 0 Å². The summed E-state index contributed by atoms with van der Waals surface area (Å²) < 4.78 is 82.3. The second-order valence-electron chi connectivity index (χ2n) is 11.9. The maximum Gasteiger partial charge on any atom is 0.416 e. The zero-order valence-electron chi connectivity index (χ0n) is 25.2. The van der Waals surface area contributed by atoms with Gasteiger partial charge in [-0.25, -0.2) is 4.90 Å². The molecule has 1 unspecified atom stereocenters. The normalized spacial score (nSPS) is 19.4. The van der Waals surface area contributed by atoms with Crippen molar-refractivity contribution in [1.82, 2.24) is 4.90 Å². The van der Waals surface area contributed by atoms with Crippen molar-refractivity contribution in [2.45, 2.75) is 135 Å². The third-order valence-corrected chi connectivity index (χ3v) is 8.71. The highest BCUT2D eigenvalue weighted by Crippen LogP contribution is 2.40. The summed E-state index contributed by atoms with van der Waals surface area (Å²) in [6.45, 7) is 6.97. The van der Waals surface area contributed by atoms with Crippen LogP contribution in [0.15, 0.2) is 29.3 Å². The van der Waals surface area contributed by atoms with Crippen LogP contribution in [-0.4, -0.2) is 39.2 Å². The molecule has 0 amide bonds. The predicted molar refractivity (Wildman–Crippen MR) is 151 cm³/mol. The Morgan fingerprint density at radius 2 is 1.26 bits per heavy atom. The van der Waals surface area contributed by atoms with E-state index >= 15 is 0 Å². The average molecular weight is 670 g/mol. The van der Waals surface area contributed by atoms with Crippen LogP contribution in [-0.2, 0) is 18.9 Å². The lowest BCUT2D eigenvalue weighted by Gasteiger charge is -2.34. The molecule has 0 radical (unpaired) electrons. The van der Waals surface area contributed by atoms with Crippen LogP contribution in [0.4, 0.5) is 26.3 Å². The van der Waals surface area contributed by atoms with E-state index in [0.29, 0.717) is 31.8 Å². The average Bonchev–Trinajstić information content (AvgIpc) is 3.10. The molecule has 1 aromatic rings. The largest absolute Gasteiger partial charge is 1.00 e. The molecule has 0 saturated carbocycles. The third kappa shape index (κ3) is 9.47. The second-order valence-corrected chi connectivity index (χ2v) is 11.9. The number of amidine groups is 1. The van der Waals surface area contributed by atoms with Crippen molar-refractivity contribution >= 4 is 5.84 Å². The van der Waals surface area contributed by atoms with Gasteiger partial charge in [0, 0.05) is 24.0 Å². The summed E-state index contributed by atoms with van der Waals surface area (Å²) in [6, 6.07) is 1.76. The fourth-order valence-electron chi connectivity index (χ4n) is 6.29. The lowest BCUT2D eigenvalue weighted by molar-refractivity contribution is -0.554. The zero-order chi connectivity index (χ0) is 30.3. The Balaban J connectivity index is 0.00000616. The summed E-state index contributed by atoms with van der Waals surface area (Å²) in [5.41, 5.74) is -2.19. The summed E-state index contributed by atoms with van der Waals surface area (Å²) in [6.07, 6.45) is 6.00. The van der Waals surface area contributed by atoms with Gasteiger partial charge >= 0.3 is 12.4 Å². The molecular weight excluding hydrogens is 622 g/mol. The van der Waals surface area contributed by atoms with E-state index in [9.17, 15) is 31.4 Å². The molecule has 0 bridgehead atoms. The summed E-state index contributed by atoms with van der Waals surface area (Å²) in [5, 5.41) is 11.8. The van der Waals surface area contributed by atoms with Gasteiger partial charge in [-0.2, -0.15) is 26.3 Å². The van der Waals surface area contributed by atoms with Gasteiger partial charge in [0.15, 0.2) is 0 Å². The van der Waals surface area contributed by atoms with Crippen LogP contribution in [0.1, 0.15) is 127 Å². The molecule has 2 aliphatic rings. The highest BCUT2D eigenvalue weighted by Gasteiger charge is 2.53. The third-order valence-electron chi connectivity index (χ3n) is 8.71. The minimum absolute atomic E-state index is 0. The lowest BCUT2D eigenvalue weighted by atomic mass is 9.96. The van der Waals surface area contributed by atoms with Crippen molar-refractivity contribution < 1.29 is 53.0 Å². The molecule has 1 atom stereocenters. The molecule has 42 heavy (non-hydrogen) atoms. The van der Waals surface area contributed by atoms with Crippen LogP contribution in [0, 0.1) is 0 Å². The SMILES string of the molecule is CCCCCCCCCCCCCCC1(O)C(C)=C(C)C2=[N+](Cc3cc(C(F)(F)F)cc(C(F)(F)F)c3)CCCN21.[Br-]. The summed E-state index contributed by atoms with van der Waals surface area (Å²) in [4.78, 5) is 1.91. The first-order valence-corrected chi connectivity index (χ1v) is 15.4. The number of aliphatic hydroxyl groups is 1. The van der Waals surface area contributed by atoms with E-state index in [1.807, 2.05) is 23.3 Å². The van der Waals surface area contributed by atoms with Gasteiger partial charge in [-0.3, -0.25) is 4.58 Å². The molecule has 3 nitrogen and oxygen atoms in total. The van der Waals surface area contributed by atoms with E-state index in [0.717, 1.165) is 42.5 Å². The highest BCUT2D eigenvalue weighted by molar-refractivity contribution is 5.98. The smallest absolute Gasteiger partial charge is 0.416 e. The maximum atomic E-state index is 13.4. The molecule has 3 rings (SSSR count). The Bertz CT molecular complexity index is 1050. The van der Waals surface area contributed by atoms with Gasteiger partial charge in [0.1, 0.15) is 6.54 Å². The molecule has 1 N–H and O–H groups in total.